The third kappa shape index (κ3) is 4.38. The maximum Gasteiger partial charge on any atom is 0.128 e. The molecule has 1 aromatic rings. The van der Waals surface area contributed by atoms with Gasteiger partial charge in [-0.25, -0.2) is 4.98 Å². The number of anilines is 1. The Labute approximate surface area is 158 Å². The maximum absolute atomic E-state index is 10.1. The first kappa shape index (κ1) is 18.2. The molecule has 0 unspecified atom stereocenters. The first-order chi connectivity index (χ1) is 12.7. The summed E-state index contributed by atoms with van der Waals surface area (Å²) < 4.78 is 0. The zero-order valence-corrected chi connectivity index (χ0v) is 16.2. The van der Waals surface area contributed by atoms with Crippen LogP contribution >= 0.6 is 0 Å². The lowest BCUT2D eigenvalue weighted by atomic mass is 9.76. The Morgan fingerprint density at radius 1 is 1.15 bits per heavy atom. The van der Waals surface area contributed by atoms with Crippen molar-refractivity contribution in [3.05, 3.63) is 23.9 Å². The van der Waals surface area contributed by atoms with E-state index in [2.05, 4.69) is 40.1 Å². The van der Waals surface area contributed by atoms with E-state index in [-0.39, 0.29) is 5.41 Å². The van der Waals surface area contributed by atoms with Crippen molar-refractivity contribution < 1.29 is 5.11 Å². The van der Waals surface area contributed by atoms with Crippen molar-refractivity contribution in [2.24, 2.45) is 11.3 Å². The zero-order valence-electron chi connectivity index (χ0n) is 16.2. The van der Waals surface area contributed by atoms with Gasteiger partial charge < -0.3 is 14.9 Å². The van der Waals surface area contributed by atoms with Gasteiger partial charge in [-0.05, 0) is 43.9 Å². The molecular formula is C21H34N4O. The number of likely N-dealkylation sites (N-methyl/N-ethyl adjacent to an activating group) is 1. The highest BCUT2D eigenvalue weighted by Gasteiger charge is 2.40. The first-order valence-corrected chi connectivity index (χ1v) is 10.4. The zero-order chi connectivity index (χ0) is 18.0. The normalized spacial score (nSPS) is 28.5. The van der Waals surface area contributed by atoms with Crippen LogP contribution in [0.15, 0.2) is 18.3 Å². The third-order valence-corrected chi connectivity index (χ3v) is 6.55. The molecule has 5 heteroatoms. The van der Waals surface area contributed by atoms with Gasteiger partial charge in [0, 0.05) is 57.4 Å². The fourth-order valence-electron chi connectivity index (χ4n) is 4.66. The van der Waals surface area contributed by atoms with E-state index in [4.69, 9.17) is 4.98 Å². The minimum Gasteiger partial charge on any atom is -0.396 e. The molecule has 1 saturated carbocycles. The third-order valence-electron chi connectivity index (χ3n) is 6.55. The largest absolute Gasteiger partial charge is 0.396 e. The van der Waals surface area contributed by atoms with E-state index in [9.17, 15) is 5.11 Å². The van der Waals surface area contributed by atoms with E-state index >= 15 is 0 Å². The molecule has 1 aliphatic carbocycles. The van der Waals surface area contributed by atoms with Gasteiger partial charge in [-0.15, -0.1) is 0 Å². The number of pyridine rings is 1. The van der Waals surface area contributed by atoms with Gasteiger partial charge in [0.2, 0.25) is 0 Å². The number of rotatable bonds is 6. The van der Waals surface area contributed by atoms with Crippen LogP contribution in [0.3, 0.4) is 0 Å². The number of hydrogen-bond acceptors (Lipinski definition) is 5. The number of aliphatic hydroxyl groups is 1. The Morgan fingerprint density at radius 3 is 2.62 bits per heavy atom. The van der Waals surface area contributed by atoms with Gasteiger partial charge in [0.1, 0.15) is 5.82 Å². The second-order valence-electron chi connectivity index (χ2n) is 8.93. The molecule has 144 valence electrons. The SMILES string of the molecule is CN1CCN(Cc2ccc(N3CCC[C@@](CO)(CC4CC4)C3)nc2)CC1. The quantitative estimate of drug-likeness (QED) is 0.845. The van der Waals surface area contributed by atoms with E-state index in [0.717, 1.165) is 70.4 Å². The molecule has 4 rings (SSSR count). The molecule has 3 heterocycles. The molecule has 3 fully saturated rings. The summed E-state index contributed by atoms with van der Waals surface area (Å²) in [6.07, 6.45) is 8.31. The summed E-state index contributed by atoms with van der Waals surface area (Å²) in [5, 5.41) is 10.1. The lowest BCUT2D eigenvalue weighted by molar-refractivity contribution is 0.0901. The fraction of sp³-hybridized carbons (Fsp3) is 0.762. The van der Waals surface area contributed by atoms with Gasteiger partial charge in [-0.3, -0.25) is 4.90 Å². The second kappa shape index (κ2) is 7.83. The van der Waals surface area contributed by atoms with Crippen LogP contribution in [0.5, 0.6) is 0 Å². The molecule has 2 aliphatic heterocycles. The summed E-state index contributed by atoms with van der Waals surface area (Å²) >= 11 is 0. The van der Waals surface area contributed by atoms with Crippen LogP contribution in [0, 0.1) is 11.3 Å². The first-order valence-electron chi connectivity index (χ1n) is 10.4. The van der Waals surface area contributed by atoms with Gasteiger partial charge in [0.25, 0.3) is 0 Å². The molecule has 5 nitrogen and oxygen atoms in total. The van der Waals surface area contributed by atoms with E-state index in [0.29, 0.717) is 6.61 Å². The molecule has 0 radical (unpaired) electrons. The van der Waals surface area contributed by atoms with Crippen LogP contribution in [0.2, 0.25) is 0 Å². The van der Waals surface area contributed by atoms with Crippen molar-refractivity contribution in [3.8, 4) is 0 Å². The minimum absolute atomic E-state index is 0.0968. The minimum atomic E-state index is 0.0968. The molecule has 0 amide bonds. The van der Waals surface area contributed by atoms with Crippen LogP contribution in [-0.4, -0.2) is 72.8 Å². The monoisotopic (exact) mass is 358 g/mol. The Hall–Kier alpha value is -1.17. The van der Waals surface area contributed by atoms with Crippen molar-refractivity contribution in [2.75, 3.05) is 57.8 Å². The summed E-state index contributed by atoms with van der Waals surface area (Å²) in [6.45, 7) is 7.95. The van der Waals surface area contributed by atoms with Crippen LogP contribution < -0.4 is 4.90 Å². The molecule has 0 bridgehead atoms. The number of aromatic nitrogens is 1. The average molecular weight is 359 g/mol. The highest BCUT2D eigenvalue weighted by Crippen LogP contribution is 2.44. The van der Waals surface area contributed by atoms with Gasteiger partial charge in [-0.2, -0.15) is 0 Å². The molecule has 0 aromatic carbocycles. The molecule has 26 heavy (non-hydrogen) atoms. The molecule has 1 atom stereocenters. The number of piperidine rings is 1. The smallest absolute Gasteiger partial charge is 0.128 e. The molecule has 2 saturated heterocycles. The van der Waals surface area contributed by atoms with Crippen molar-refractivity contribution in [1.29, 1.82) is 0 Å². The Kier molecular flexibility index (Phi) is 5.48. The summed E-state index contributed by atoms with van der Waals surface area (Å²) in [5.74, 6) is 1.95. The summed E-state index contributed by atoms with van der Waals surface area (Å²) in [4.78, 5) is 12.1. The molecule has 3 aliphatic rings. The van der Waals surface area contributed by atoms with E-state index in [1.54, 1.807) is 0 Å². The van der Waals surface area contributed by atoms with Crippen LogP contribution in [-0.2, 0) is 6.54 Å². The Bertz CT molecular complexity index is 580. The maximum atomic E-state index is 10.1. The van der Waals surface area contributed by atoms with Crippen molar-refractivity contribution in [1.82, 2.24) is 14.8 Å². The number of nitrogens with zero attached hydrogens (tertiary/aromatic N) is 4. The van der Waals surface area contributed by atoms with Gasteiger partial charge in [0.15, 0.2) is 0 Å². The lowest BCUT2D eigenvalue weighted by Crippen LogP contribution is -2.46. The predicted octanol–water partition coefficient (Wildman–Crippen LogP) is 2.21. The van der Waals surface area contributed by atoms with Gasteiger partial charge >= 0.3 is 0 Å². The van der Waals surface area contributed by atoms with Crippen molar-refractivity contribution in [2.45, 2.75) is 38.6 Å². The number of hydrogen-bond donors (Lipinski definition) is 1. The van der Waals surface area contributed by atoms with E-state index < -0.39 is 0 Å². The van der Waals surface area contributed by atoms with Crippen molar-refractivity contribution in [3.63, 3.8) is 0 Å². The standard InChI is InChI=1S/C21H34N4O/c1-23-9-11-24(12-10-23)15-19-5-6-20(22-14-19)25-8-2-7-21(16-25,17-26)13-18-3-4-18/h5-6,14,18,26H,2-4,7-13,15-17H2,1H3/t21-/m1/s1. The van der Waals surface area contributed by atoms with Crippen LogP contribution in [0.25, 0.3) is 0 Å². The van der Waals surface area contributed by atoms with E-state index in [1.807, 2.05) is 0 Å². The number of piperazine rings is 1. The Balaban J connectivity index is 1.36. The Morgan fingerprint density at radius 2 is 1.96 bits per heavy atom. The summed E-state index contributed by atoms with van der Waals surface area (Å²) in [7, 11) is 2.20. The second-order valence-corrected chi connectivity index (χ2v) is 8.93. The van der Waals surface area contributed by atoms with E-state index in [1.165, 1.54) is 24.8 Å². The molecular weight excluding hydrogens is 324 g/mol. The average Bonchev–Trinajstić information content (AvgIpc) is 3.48. The van der Waals surface area contributed by atoms with Gasteiger partial charge in [0.05, 0.1) is 6.61 Å². The topological polar surface area (TPSA) is 42.8 Å². The predicted molar refractivity (Wildman–Crippen MR) is 105 cm³/mol. The molecule has 1 N–H and O–H groups in total. The van der Waals surface area contributed by atoms with Crippen molar-refractivity contribution >= 4 is 5.82 Å². The highest BCUT2D eigenvalue weighted by molar-refractivity contribution is 5.40. The summed E-state index contributed by atoms with van der Waals surface area (Å²) in [6, 6.07) is 4.44. The lowest BCUT2D eigenvalue weighted by Gasteiger charge is -2.42. The van der Waals surface area contributed by atoms with Gasteiger partial charge in [-0.1, -0.05) is 18.9 Å². The number of aliphatic hydroxyl groups excluding tert-OH is 1. The highest BCUT2D eigenvalue weighted by atomic mass is 16.3. The fourth-order valence-corrected chi connectivity index (χ4v) is 4.66. The molecule has 0 spiro atoms. The van der Waals surface area contributed by atoms with Crippen LogP contribution in [0.4, 0.5) is 5.82 Å². The van der Waals surface area contributed by atoms with Crippen LogP contribution in [0.1, 0.15) is 37.7 Å². The summed E-state index contributed by atoms with van der Waals surface area (Å²) in [5.41, 5.74) is 1.40. The molecule has 1 aromatic heterocycles.